The van der Waals surface area contributed by atoms with Gasteiger partial charge in [-0.15, -0.1) is 13.2 Å². The fourth-order valence-corrected chi connectivity index (χ4v) is 6.44. The molecule has 0 saturated heterocycles. The van der Waals surface area contributed by atoms with Crippen LogP contribution in [0.15, 0.2) is 122 Å². The number of benzene rings is 3. The van der Waals surface area contributed by atoms with Gasteiger partial charge < -0.3 is 24.9 Å². The number of hydrogen-bond donors (Lipinski definition) is 3. The van der Waals surface area contributed by atoms with Gasteiger partial charge in [-0.2, -0.15) is 0 Å². The van der Waals surface area contributed by atoms with Crippen LogP contribution in [0.2, 0.25) is 0 Å². The van der Waals surface area contributed by atoms with Crippen LogP contribution in [-0.4, -0.2) is 37.7 Å². The number of nitrogens with one attached hydrogen (secondary N) is 3. The maximum Gasteiger partial charge on any atom is 0.573 e. The molecule has 0 radical (unpaired) electrons. The Morgan fingerprint density at radius 3 is 1.84 bits per heavy atom. The van der Waals surface area contributed by atoms with Gasteiger partial charge in [-0.25, -0.2) is 18.7 Å². The largest absolute Gasteiger partial charge is 0.573 e. The minimum Gasteiger partial charge on any atom is -0.406 e. The molecule has 0 aliphatic rings. The monoisotopic (exact) mass is 796 g/mol. The number of aromatic nitrogens is 4. The van der Waals surface area contributed by atoms with Gasteiger partial charge in [0.2, 0.25) is 11.8 Å². The highest BCUT2D eigenvalue weighted by Crippen LogP contribution is 2.25. The van der Waals surface area contributed by atoms with Crippen molar-refractivity contribution < 1.29 is 36.3 Å². The third-order valence-corrected chi connectivity index (χ3v) is 9.41. The van der Waals surface area contributed by atoms with E-state index in [4.69, 9.17) is 0 Å². The first-order valence-electron chi connectivity index (χ1n) is 18.6. The van der Waals surface area contributed by atoms with E-state index >= 15 is 0 Å². The average Bonchev–Trinajstić information content (AvgIpc) is 3.78. The zero-order valence-corrected chi connectivity index (χ0v) is 31.7. The average molecular weight is 797 g/mol. The molecule has 4 aromatic heterocycles. The molecule has 7 rings (SSSR count). The highest BCUT2D eigenvalue weighted by molar-refractivity contribution is 5.80. The van der Waals surface area contributed by atoms with Crippen LogP contribution in [0, 0.1) is 11.6 Å². The fraction of sp³-hybridized carbons (Fsp3) is 0.227. The van der Waals surface area contributed by atoms with E-state index in [1.807, 2.05) is 54.8 Å². The molecular formula is C44H41F5N6O3. The van der Waals surface area contributed by atoms with Crippen LogP contribution >= 0.6 is 0 Å². The van der Waals surface area contributed by atoms with Gasteiger partial charge in [0.15, 0.2) is 0 Å². The summed E-state index contributed by atoms with van der Waals surface area (Å²) in [6, 6.07) is 29.0. The molecule has 0 fully saturated rings. The second-order valence-corrected chi connectivity index (χ2v) is 13.7. The van der Waals surface area contributed by atoms with Gasteiger partial charge in [-0.3, -0.25) is 9.59 Å². The zero-order valence-electron chi connectivity index (χ0n) is 31.7. The van der Waals surface area contributed by atoms with E-state index in [2.05, 4.69) is 30.3 Å². The van der Waals surface area contributed by atoms with Crippen LogP contribution in [0.1, 0.15) is 66.9 Å². The summed E-state index contributed by atoms with van der Waals surface area (Å²) in [6.45, 7) is 4.09. The summed E-state index contributed by atoms with van der Waals surface area (Å²) in [5.41, 5.74) is 5.87. The van der Waals surface area contributed by atoms with E-state index < -0.39 is 6.36 Å². The lowest BCUT2D eigenvalue weighted by molar-refractivity contribution is -0.274. The lowest BCUT2D eigenvalue weighted by atomic mass is 10.1. The number of ether oxygens (including phenoxy) is 1. The number of H-pyrrole nitrogens is 1. The molecular weight excluding hydrogens is 756 g/mol. The molecule has 0 spiro atoms. The third kappa shape index (κ3) is 11.5. The number of rotatable bonds is 13. The number of carbonyl (C=O) groups excluding carboxylic acids is 2. The number of carbonyl (C=O) groups is 2. The first-order valence-corrected chi connectivity index (χ1v) is 18.6. The summed E-state index contributed by atoms with van der Waals surface area (Å²) in [5, 5.41) is 7.80. The highest BCUT2D eigenvalue weighted by Gasteiger charge is 2.31. The number of hydrogen-bond acceptors (Lipinski definition) is 5. The van der Waals surface area contributed by atoms with Gasteiger partial charge in [0.1, 0.15) is 28.7 Å². The number of alkyl halides is 3. The van der Waals surface area contributed by atoms with Crippen molar-refractivity contribution in [3.05, 3.63) is 161 Å². The van der Waals surface area contributed by atoms with E-state index in [1.165, 1.54) is 36.4 Å². The minimum atomic E-state index is -4.75. The first-order chi connectivity index (χ1) is 27.8. The Balaban J connectivity index is 0.000000213. The Morgan fingerprint density at radius 2 is 1.28 bits per heavy atom. The summed E-state index contributed by atoms with van der Waals surface area (Å²) >= 11 is 0. The number of aromatic amines is 1. The maximum atomic E-state index is 13.1. The van der Waals surface area contributed by atoms with Gasteiger partial charge >= 0.3 is 6.36 Å². The molecule has 0 aliphatic carbocycles. The van der Waals surface area contributed by atoms with E-state index in [0.29, 0.717) is 25.8 Å². The molecule has 2 amide bonds. The van der Waals surface area contributed by atoms with Crippen molar-refractivity contribution in [1.29, 1.82) is 0 Å². The van der Waals surface area contributed by atoms with Crippen molar-refractivity contribution in [3.63, 3.8) is 0 Å². The second-order valence-electron chi connectivity index (χ2n) is 13.7. The molecule has 9 nitrogen and oxygen atoms in total. The molecule has 0 bridgehead atoms. The molecule has 2 atom stereocenters. The van der Waals surface area contributed by atoms with E-state index in [1.54, 1.807) is 48.8 Å². The number of aryl methyl sites for hydroxylation is 2. The maximum absolute atomic E-state index is 13.1. The van der Waals surface area contributed by atoms with Crippen molar-refractivity contribution in [2.75, 3.05) is 0 Å². The summed E-state index contributed by atoms with van der Waals surface area (Å²) < 4.78 is 69.2. The fourth-order valence-electron chi connectivity index (χ4n) is 6.44. The van der Waals surface area contributed by atoms with Crippen molar-refractivity contribution in [1.82, 2.24) is 30.2 Å². The summed E-state index contributed by atoms with van der Waals surface area (Å²) in [5.74, 6) is -1.09. The van der Waals surface area contributed by atoms with E-state index in [0.717, 1.165) is 50.1 Å². The van der Waals surface area contributed by atoms with Crippen LogP contribution in [-0.2, 0) is 29.0 Å². The number of pyridine rings is 2. The van der Waals surface area contributed by atoms with E-state index in [-0.39, 0.29) is 47.7 Å². The topological polar surface area (TPSA) is 114 Å². The molecule has 14 heteroatoms. The van der Waals surface area contributed by atoms with Crippen LogP contribution in [0.4, 0.5) is 22.0 Å². The van der Waals surface area contributed by atoms with Crippen LogP contribution in [0.5, 0.6) is 5.75 Å². The standard InChI is InChI=1S/C26H23F4N3O2.C18H18FN3O/c1-17(19-6-8-21(27)9-7-19)32-24(34)13-10-22-15-20-3-2-14-31-25(20)33(22)16-18-4-11-23(12-5-18)35-26(28,29)30;1-12(13-4-6-15(19)7-5-13)21-17(23)9-8-16-11-14-3-2-10-20-18(14)22-16/h2-9,11-12,14-15,17H,10,13,16H2,1H3,(H,32,34);2-7,10-12H,8-9H2,1H3,(H,20,22)(H,21,23)/t17-;12-/m00/s1. The molecule has 4 heterocycles. The summed E-state index contributed by atoms with van der Waals surface area (Å²) in [6.07, 6.45) is 0.328. The molecule has 0 saturated carbocycles. The first kappa shape index (κ1) is 41.1. The third-order valence-electron chi connectivity index (χ3n) is 9.41. The number of halogens is 5. The predicted molar refractivity (Wildman–Crippen MR) is 211 cm³/mol. The highest BCUT2D eigenvalue weighted by atomic mass is 19.4. The van der Waals surface area contributed by atoms with Crippen molar-refractivity contribution in [2.45, 2.75) is 64.5 Å². The Kier molecular flexibility index (Phi) is 13.2. The molecule has 300 valence electrons. The molecule has 3 N–H and O–H groups in total. The Hall–Kier alpha value is -6.57. The minimum absolute atomic E-state index is 0.0339. The summed E-state index contributed by atoms with van der Waals surface area (Å²) in [7, 11) is 0. The molecule has 58 heavy (non-hydrogen) atoms. The Morgan fingerprint density at radius 1 is 0.724 bits per heavy atom. The molecule has 0 unspecified atom stereocenters. The molecule has 0 aliphatic heterocycles. The van der Waals surface area contributed by atoms with Crippen molar-refractivity contribution in [3.8, 4) is 5.75 Å². The predicted octanol–water partition coefficient (Wildman–Crippen LogP) is 9.44. The number of nitrogens with zero attached hydrogens (tertiary/aromatic N) is 3. The number of amides is 2. The van der Waals surface area contributed by atoms with Gasteiger partial charge in [-0.05, 0) is 116 Å². The van der Waals surface area contributed by atoms with Gasteiger partial charge in [0, 0.05) is 53.9 Å². The quantitative estimate of drug-likeness (QED) is 0.101. The Labute approximate surface area is 331 Å². The van der Waals surface area contributed by atoms with E-state index in [9.17, 15) is 31.5 Å². The number of fused-ring (bicyclic) bond motifs is 2. The van der Waals surface area contributed by atoms with Crippen molar-refractivity contribution in [2.24, 2.45) is 0 Å². The van der Waals surface area contributed by atoms with Gasteiger partial charge in [0.25, 0.3) is 0 Å². The SMILES string of the molecule is C[C@H](NC(=O)CCc1cc2cccnc2[nH]1)c1ccc(F)cc1.C[C@H](NC(=O)CCc1cc2cccnc2n1Cc1ccc(OC(F)(F)F)cc1)c1ccc(F)cc1. The van der Waals surface area contributed by atoms with Gasteiger partial charge in [0.05, 0.1) is 12.1 Å². The normalized spacial score (nSPS) is 12.4. The second kappa shape index (κ2) is 18.6. The lowest BCUT2D eigenvalue weighted by Crippen LogP contribution is -2.27. The zero-order chi connectivity index (χ0) is 41.2. The van der Waals surface area contributed by atoms with Crippen LogP contribution in [0.3, 0.4) is 0 Å². The van der Waals surface area contributed by atoms with Crippen LogP contribution < -0.4 is 15.4 Å². The smallest absolute Gasteiger partial charge is 0.406 e. The van der Waals surface area contributed by atoms with Crippen molar-refractivity contribution >= 4 is 33.9 Å². The Bertz CT molecular complexity index is 2410. The van der Waals surface area contributed by atoms with Gasteiger partial charge in [-0.1, -0.05) is 36.4 Å². The lowest BCUT2D eigenvalue weighted by Gasteiger charge is -2.15. The van der Waals surface area contributed by atoms with Crippen LogP contribution in [0.25, 0.3) is 22.1 Å². The summed E-state index contributed by atoms with van der Waals surface area (Å²) in [4.78, 5) is 36.5. The molecule has 7 aromatic rings. The molecule has 3 aromatic carbocycles.